The number of nitrogen functional groups attached to an aromatic ring is 1. The molecule has 0 unspecified atom stereocenters. The van der Waals surface area contributed by atoms with E-state index in [0.717, 1.165) is 6.07 Å². The van der Waals surface area contributed by atoms with E-state index in [0.29, 0.717) is 6.07 Å². The van der Waals surface area contributed by atoms with Crippen LogP contribution in [0.2, 0.25) is 5.02 Å². The van der Waals surface area contributed by atoms with Crippen LogP contribution in [0.1, 0.15) is 0 Å². The first-order chi connectivity index (χ1) is 6.73. The molecule has 0 aliphatic rings. The molecular formula is C6H5ClN2O5S. The fourth-order valence-electron chi connectivity index (χ4n) is 0.879. The number of rotatable bonds is 2. The standard InChI is InChI=1S/C6H5ClN2O5S/c7-4-1-3(15(12,13)14)2-5(6(4)8)9(10)11/h1-2H,8H2,(H,12,13,14). The van der Waals surface area contributed by atoms with Crippen molar-refractivity contribution < 1.29 is 17.9 Å². The van der Waals surface area contributed by atoms with Crippen molar-refractivity contribution in [3.63, 3.8) is 0 Å². The van der Waals surface area contributed by atoms with E-state index in [1.807, 2.05) is 0 Å². The lowest BCUT2D eigenvalue weighted by Crippen LogP contribution is -2.02. The fraction of sp³-hybridized carbons (Fsp3) is 0. The zero-order chi connectivity index (χ0) is 11.8. The third-order valence-corrected chi connectivity index (χ3v) is 2.72. The Morgan fingerprint density at radius 2 is 2.00 bits per heavy atom. The van der Waals surface area contributed by atoms with E-state index >= 15 is 0 Å². The summed E-state index contributed by atoms with van der Waals surface area (Å²) in [5.41, 5.74) is 4.22. The van der Waals surface area contributed by atoms with Gasteiger partial charge in [0.1, 0.15) is 10.6 Å². The highest BCUT2D eigenvalue weighted by Gasteiger charge is 2.21. The van der Waals surface area contributed by atoms with Crippen LogP contribution in [0.25, 0.3) is 0 Å². The van der Waals surface area contributed by atoms with Gasteiger partial charge in [-0.05, 0) is 6.07 Å². The number of nitro benzene ring substituents is 1. The molecule has 1 aromatic carbocycles. The Kier molecular flexibility index (Phi) is 2.84. The second-order valence-corrected chi connectivity index (χ2v) is 4.40. The minimum atomic E-state index is -4.54. The van der Waals surface area contributed by atoms with Crippen molar-refractivity contribution in [3.05, 3.63) is 27.3 Å². The molecule has 3 N–H and O–H groups in total. The number of nitrogens with zero attached hydrogens (tertiary/aromatic N) is 1. The van der Waals surface area contributed by atoms with E-state index in [-0.39, 0.29) is 10.7 Å². The van der Waals surface area contributed by atoms with Gasteiger partial charge in [0.25, 0.3) is 15.8 Å². The maximum atomic E-state index is 10.7. The van der Waals surface area contributed by atoms with E-state index in [1.165, 1.54) is 0 Å². The summed E-state index contributed by atoms with van der Waals surface area (Å²) in [6.45, 7) is 0. The average Bonchev–Trinajstić information content (AvgIpc) is 2.06. The Bertz CT molecular complexity index is 527. The molecule has 9 heteroatoms. The maximum Gasteiger partial charge on any atom is 0.295 e. The lowest BCUT2D eigenvalue weighted by atomic mass is 10.3. The van der Waals surface area contributed by atoms with Gasteiger partial charge in [-0.15, -0.1) is 0 Å². The Balaban J connectivity index is 3.57. The molecule has 0 amide bonds. The topological polar surface area (TPSA) is 124 Å². The zero-order valence-corrected chi connectivity index (χ0v) is 8.62. The SMILES string of the molecule is Nc1c(Cl)cc(S(=O)(=O)O)cc1[N+](=O)[O-]. The number of benzene rings is 1. The van der Waals surface area contributed by atoms with Gasteiger partial charge in [-0.1, -0.05) is 11.6 Å². The molecule has 15 heavy (non-hydrogen) atoms. The smallest absolute Gasteiger partial charge is 0.295 e. The number of hydrogen-bond acceptors (Lipinski definition) is 5. The maximum absolute atomic E-state index is 10.7. The molecule has 0 bridgehead atoms. The molecule has 1 rings (SSSR count). The third kappa shape index (κ3) is 2.35. The predicted octanol–water partition coefficient (Wildman–Crippen LogP) is 1.08. The molecular weight excluding hydrogens is 248 g/mol. The van der Waals surface area contributed by atoms with Crippen LogP contribution in [-0.4, -0.2) is 17.9 Å². The third-order valence-electron chi connectivity index (χ3n) is 1.58. The van der Waals surface area contributed by atoms with Crippen LogP contribution >= 0.6 is 11.6 Å². The minimum Gasteiger partial charge on any atom is -0.392 e. The van der Waals surface area contributed by atoms with Crippen LogP contribution in [0.5, 0.6) is 0 Å². The molecule has 0 aliphatic heterocycles. The van der Waals surface area contributed by atoms with Crippen molar-refractivity contribution in [1.82, 2.24) is 0 Å². The molecule has 0 atom stereocenters. The van der Waals surface area contributed by atoms with E-state index in [4.69, 9.17) is 21.9 Å². The van der Waals surface area contributed by atoms with Crippen molar-refractivity contribution in [2.45, 2.75) is 4.90 Å². The normalized spacial score (nSPS) is 11.3. The Morgan fingerprint density at radius 1 is 1.47 bits per heavy atom. The molecule has 0 saturated carbocycles. The minimum absolute atomic E-state index is 0.308. The van der Waals surface area contributed by atoms with Gasteiger partial charge in [-0.2, -0.15) is 8.42 Å². The van der Waals surface area contributed by atoms with Crippen LogP contribution in [0.3, 0.4) is 0 Å². The predicted molar refractivity (Wildman–Crippen MR) is 52.3 cm³/mol. The van der Waals surface area contributed by atoms with Crippen molar-refractivity contribution >= 4 is 33.1 Å². The summed E-state index contributed by atoms with van der Waals surface area (Å²) in [7, 11) is -4.54. The van der Waals surface area contributed by atoms with Gasteiger partial charge in [0, 0.05) is 6.07 Å². The van der Waals surface area contributed by atoms with Gasteiger partial charge in [-0.25, -0.2) is 0 Å². The lowest BCUT2D eigenvalue weighted by Gasteiger charge is -2.02. The highest BCUT2D eigenvalue weighted by molar-refractivity contribution is 7.85. The number of nitrogens with two attached hydrogens (primary N) is 1. The van der Waals surface area contributed by atoms with Gasteiger partial charge >= 0.3 is 0 Å². The van der Waals surface area contributed by atoms with E-state index in [2.05, 4.69) is 0 Å². The largest absolute Gasteiger partial charge is 0.392 e. The molecule has 1 aromatic rings. The lowest BCUT2D eigenvalue weighted by molar-refractivity contribution is -0.384. The second kappa shape index (κ2) is 3.65. The van der Waals surface area contributed by atoms with E-state index < -0.39 is 25.6 Å². The van der Waals surface area contributed by atoms with E-state index in [1.54, 1.807) is 0 Å². The van der Waals surface area contributed by atoms with Crippen molar-refractivity contribution in [1.29, 1.82) is 0 Å². The molecule has 0 fully saturated rings. The van der Waals surface area contributed by atoms with Crippen molar-refractivity contribution in [2.75, 3.05) is 5.73 Å². The van der Waals surface area contributed by atoms with Crippen molar-refractivity contribution in [3.8, 4) is 0 Å². The Labute approximate surface area is 89.4 Å². The van der Waals surface area contributed by atoms with Gasteiger partial charge in [-0.3, -0.25) is 14.7 Å². The van der Waals surface area contributed by atoms with Crippen LogP contribution in [0, 0.1) is 10.1 Å². The first-order valence-corrected chi connectivity index (χ1v) is 5.26. The molecule has 7 nitrogen and oxygen atoms in total. The van der Waals surface area contributed by atoms with Crippen LogP contribution in [0.4, 0.5) is 11.4 Å². The summed E-state index contributed by atoms with van der Waals surface area (Å²) in [5.74, 6) is 0. The average molecular weight is 253 g/mol. The van der Waals surface area contributed by atoms with Crippen LogP contribution in [-0.2, 0) is 10.1 Å². The second-order valence-electron chi connectivity index (χ2n) is 2.57. The summed E-state index contributed by atoms with van der Waals surface area (Å²) >= 11 is 5.46. The molecule has 0 spiro atoms. The fourth-order valence-corrected chi connectivity index (χ4v) is 1.69. The van der Waals surface area contributed by atoms with Gasteiger partial charge in [0.2, 0.25) is 0 Å². The monoisotopic (exact) mass is 252 g/mol. The number of anilines is 1. The molecule has 0 heterocycles. The summed E-state index contributed by atoms with van der Waals surface area (Å²) in [4.78, 5) is 8.88. The summed E-state index contributed by atoms with van der Waals surface area (Å²) < 4.78 is 30.1. The summed E-state index contributed by atoms with van der Waals surface area (Å²) in [5, 5.41) is 10.1. The highest BCUT2D eigenvalue weighted by atomic mass is 35.5. The Hall–Kier alpha value is -1.38. The van der Waals surface area contributed by atoms with Gasteiger partial charge in [0.15, 0.2) is 0 Å². The molecule has 0 saturated heterocycles. The van der Waals surface area contributed by atoms with Gasteiger partial charge in [0.05, 0.1) is 9.95 Å². The molecule has 82 valence electrons. The highest BCUT2D eigenvalue weighted by Crippen LogP contribution is 2.32. The quantitative estimate of drug-likeness (QED) is 0.351. The number of hydrogen-bond donors (Lipinski definition) is 2. The van der Waals surface area contributed by atoms with Crippen LogP contribution < -0.4 is 5.73 Å². The first-order valence-electron chi connectivity index (χ1n) is 3.44. The zero-order valence-electron chi connectivity index (χ0n) is 7.05. The van der Waals surface area contributed by atoms with Gasteiger partial charge < -0.3 is 5.73 Å². The Morgan fingerprint density at radius 3 is 2.40 bits per heavy atom. The number of halogens is 1. The molecule has 0 aromatic heterocycles. The van der Waals surface area contributed by atoms with Crippen LogP contribution in [0.15, 0.2) is 17.0 Å². The summed E-state index contributed by atoms with van der Waals surface area (Å²) in [6.07, 6.45) is 0. The van der Waals surface area contributed by atoms with Crippen molar-refractivity contribution in [2.24, 2.45) is 0 Å². The summed E-state index contributed by atoms with van der Waals surface area (Å²) in [6, 6.07) is 1.47. The first kappa shape index (κ1) is 11.7. The number of nitro groups is 1. The van der Waals surface area contributed by atoms with E-state index in [9.17, 15) is 18.5 Å². The molecule has 0 aliphatic carbocycles. The molecule has 0 radical (unpaired) electrons.